The van der Waals surface area contributed by atoms with Crippen LogP contribution in [0.3, 0.4) is 0 Å². The highest BCUT2D eigenvalue weighted by atomic mass is 16.5. The van der Waals surface area contributed by atoms with Gasteiger partial charge in [0.05, 0.1) is 25.8 Å². The van der Waals surface area contributed by atoms with Crippen LogP contribution < -0.4 is 9.64 Å². The number of piperazine rings is 1. The summed E-state index contributed by atoms with van der Waals surface area (Å²) in [6.45, 7) is 5.34. The van der Waals surface area contributed by atoms with Crippen LogP contribution >= 0.6 is 0 Å². The molecule has 1 aliphatic heterocycles. The topological polar surface area (TPSA) is 78.9 Å². The number of hydrogen-bond acceptors (Lipinski definition) is 6. The van der Waals surface area contributed by atoms with Crippen molar-refractivity contribution in [1.82, 2.24) is 20.0 Å². The Hall–Kier alpha value is -3.94. The van der Waals surface area contributed by atoms with Gasteiger partial charge in [-0.2, -0.15) is 0 Å². The number of hydrogen-bond donors (Lipinski definition) is 0. The standard InChI is InChI=1S/C29H35N5O3/c1-3-4-15-34(28(35)20-23-9-6-5-7-10-23)22-29(36)33-18-16-32(17-19-33)27-14-13-26(30-31-27)24-11-8-12-25(21-24)37-2/h5-14,21H,3-4,15-20,22H2,1-2H3. The molecule has 2 aromatic carbocycles. The molecule has 0 radical (unpaired) electrons. The monoisotopic (exact) mass is 501 g/mol. The average Bonchev–Trinajstić information content (AvgIpc) is 2.96. The van der Waals surface area contributed by atoms with Crippen molar-refractivity contribution in [2.45, 2.75) is 26.2 Å². The maximum atomic E-state index is 13.1. The van der Waals surface area contributed by atoms with Gasteiger partial charge in [-0.1, -0.05) is 55.8 Å². The number of unbranched alkanes of at least 4 members (excludes halogenated alkanes) is 1. The quantitative estimate of drug-likeness (QED) is 0.422. The summed E-state index contributed by atoms with van der Waals surface area (Å²) in [6.07, 6.45) is 2.17. The molecule has 0 N–H and O–H groups in total. The molecule has 0 spiro atoms. The van der Waals surface area contributed by atoms with E-state index in [0.29, 0.717) is 39.1 Å². The van der Waals surface area contributed by atoms with Crippen LogP contribution in [0.2, 0.25) is 0 Å². The highest BCUT2D eigenvalue weighted by Gasteiger charge is 2.25. The van der Waals surface area contributed by atoms with Crippen LogP contribution in [0.4, 0.5) is 5.82 Å². The third-order valence-electron chi connectivity index (χ3n) is 6.63. The molecule has 4 rings (SSSR count). The molecule has 3 aromatic rings. The molecule has 2 heterocycles. The van der Waals surface area contributed by atoms with Gasteiger partial charge in [-0.3, -0.25) is 9.59 Å². The summed E-state index contributed by atoms with van der Waals surface area (Å²) < 4.78 is 5.30. The smallest absolute Gasteiger partial charge is 0.242 e. The summed E-state index contributed by atoms with van der Waals surface area (Å²) in [6, 6.07) is 21.4. The minimum absolute atomic E-state index is 0.00182. The molecule has 8 nitrogen and oxygen atoms in total. The third kappa shape index (κ3) is 7.06. The number of amides is 2. The number of ether oxygens (including phenoxy) is 1. The zero-order valence-corrected chi connectivity index (χ0v) is 21.7. The number of anilines is 1. The molecule has 0 saturated carbocycles. The van der Waals surface area contributed by atoms with E-state index in [4.69, 9.17) is 4.74 Å². The van der Waals surface area contributed by atoms with Gasteiger partial charge < -0.3 is 19.4 Å². The first-order valence-corrected chi connectivity index (χ1v) is 12.9. The molecule has 1 aliphatic rings. The van der Waals surface area contributed by atoms with E-state index >= 15 is 0 Å². The van der Waals surface area contributed by atoms with Crippen LogP contribution in [0, 0.1) is 0 Å². The van der Waals surface area contributed by atoms with Gasteiger partial charge in [0.1, 0.15) is 5.75 Å². The van der Waals surface area contributed by atoms with Crippen LogP contribution in [0.1, 0.15) is 25.3 Å². The second kappa shape index (κ2) is 12.9. The summed E-state index contributed by atoms with van der Waals surface area (Å²) in [7, 11) is 1.64. The van der Waals surface area contributed by atoms with Crippen molar-refractivity contribution in [3.63, 3.8) is 0 Å². The molecule has 37 heavy (non-hydrogen) atoms. The number of carbonyl (C=O) groups is 2. The van der Waals surface area contributed by atoms with Crippen LogP contribution in [0.15, 0.2) is 66.7 Å². The fraction of sp³-hybridized carbons (Fsp3) is 0.379. The van der Waals surface area contributed by atoms with Gasteiger partial charge in [0, 0.05) is 38.3 Å². The van der Waals surface area contributed by atoms with E-state index in [1.165, 1.54) is 0 Å². The Morgan fingerprint density at radius 2 is 1.73 bits per heavy atom. The second-order valence-corrected chi connectivity index (χ2v) is 9.21. The average molecular weight is 502 g/mol. The first-order chi connectivity index (χ1) is 18.1. The lowest BCUT2D eigenvalue weighted by Crippen LogP contribution is -2.52. The molecular weight excluding hydrogens is 466 g/mol. The van der Waals surface area contributed by atoms with Gasteiger partial charge in [-0.05, 0) is 36.2 Å². The number of aromatic nitrogens is 2. The van der Waals surface area contributed by atoms with Gasteiger partial charge >= 0.3 is 0 Å². The number of methoxy groups -OCH3 is 1. The van der Waals surface area contributed by atoms with Crippen LogP contribution in [0.5, 0.6) is 5.75 Å². The molecule has 1 fully saturated rings. The van der Waals surface area contributed by atoms with Crippen molar-refractivity contribution in [1.29, 1.82) is 0 Å². The van der Waals surface area contributed by atoms with E-state index in [-0.39, 0.29) is 18.4 Å². The predicted molar refractivity (Wildman–Crippen MR) is 144 cm³/mol. The maximum absolute atomic E-state index is 13.1. The van der Waals surface area contributed by atoms with E-state index in [1.807, 2.05) is 71.6 Å². The highest BCUT2D eigenvalue weighted by molar-refractivity contribution is 5.86. The van der Waals surface area contributed by atoms with Crippen molar-refractivity contribution in [3.05, 3.63) is 72.3 Å². The largest absolute Gasteiger partial charge is 0.497 e. The highest BCUT2D eigenvalue weighted by Crippen LogP contribution is 2.23. The lowest BCUT2D eigenvalue weighted by molar-refractivity contribution is -0.140. The first kappa shape index (κ1) is 26.1. The number of rotatable bonds is 10. The lowest BCUT2D eigenvalue weighted by atomic mass is 10.1. The summed E-state index contributed by atoms with van der Waals surface area (Å²) in [5, 5.41) is 8.83. The van der Waals surface area contributed by atoms with E-state index in [1.54, 1.807) is 12.0 Å². The summed E-state index contributed by atoms with van der Waals surface area (Å²) in [4.78, 5) is 31.8. The Balaban J connectivity index is 1.31. The van der Waals surface area contributed by atoms with Gasteiger partial charge in [0.25, 0.3) is 0 Å². The molecule has 0 unspecified atom stereocenters. The third-order valence-corrected chi connectivity index (χ3v) is 6.63. The minimum Gasteiger partial charge on any atom is -0.497 e. The van der Waals surface area contributed by atoms with Crippen molar-refractivity contribution >= 4 is 17.6 Å². The SMILES string of the molecule is CCCCN(CC(=O)N1CCN(c2ccc(-c3cccc(OC)c3)nn2)CC1)C(=O)Cc1ccccc1. The molecule has 8 heteroatoms. The molecule has 194 valence electrons. The summed E-state index contributed by atoms with van der Waals surface area (Å²) in [5.41, 5.74) is 2.70. The predicted octanol–water partition coefficient (Wildman–Crippen LogP) is 3.67. The lowest BCUT2D eigenvalue weighted by Gasteiger charge is -2.36. The molecule has 2 amide bonds. The Morgan fingerprint density at radius 3 is 2.41 bits per heavy atom. The minimum atomic E-state index is -0.00313. The molecule has 0 atom stereocenters. The zero-order valence-electron chi connectivity index (χ0n) is 21.7. The molecule has 1 aromatic heterocycles. The molecule has 1 saturated heterocycles. The molecule has 0 bridgehead atoms. The normalized spacial score (nSPS) is 13.4. The Morgan fingerprint density at radius 1 is 0.946 bits per heavy atom. The van der Waals surface area contributed by atoms with Crippen molar-refractivity contribution in [3.8, 4) is 17.0 Å². The number of benzene rings is 2. The fourth-order valence-corrected chi connectivity index (χ4v) is 4.40. The maximum Gasteiger partial charge on any atom is 0.242 e. The van der Waals surface area contributed by atoms with Crippen LogP contribution in [-0.2, 0) is 16.0 Å². The summed E-state index contributed by atoms with van der Waals surface area (Å²) in [5.74, 6) is 1.57. The van der Waals surface area contributed by atoms with E-state index < -0.39 is 0 Å². The Labute approximate surface area is 218 Å². The van der Waals surface area contributed by atoms with Gasteiger partial charge in [0.15, 0.2) is 5.82 Å². The van der Waals surface area contributed by atoms with Gasteiger partial charge in [0.2, 0.25) is 11.8 Å². The van der Waals surface area contributed by atoms with Gasteiger partial charge in [-0.15, -0.1) is 10.2 Å². The second-order valence-electron chi connectivity index (χ2n) is 9.21. The number of carbonyl (C=O) groups excluding carboxylic acids is 2. The summed E-state index contributed by atoms with van der Waals surface area (Å²) >= 11 is 0. The molecular formula is C29H35N5O3. The van der Waals surface area contributed by atoms with Crippen molar-refractivity contribution in [2.75, 3.05) is 51.3 Å². The van der Waals surface area contributed by atoms with E-state index in [2.05, 4.69) is 22.0 Å². The number of nitrogens with zero attached hydrogens (tertiary/aromatic N) is 5. The van der Waals surface area contributed by atoms with Crippen LogP contribution in [-0.4, -0.2) is 78.2 Å². The Kier molecular flexibility index (Phi) is 9.08. The van der Waals surface area contributed by atoms with Crippen molar-refractivity contribution < 1.29 is 14.3 Å². The van der Waals surface area contributed by atoms with Gasteiger partial charge in [-0.25, -0.2) is 0 Å². The van der Waals surface area contributed by atoms with Crippen molar-refractivity contribution in [2.24, 2.45) is 0 Å². The first-order valence-electron chi connectivity index (χ1n) is 12.9. The van der Waals surface area contributed by atoms with E-state index in [0.717, 1.165) is 41.2 Å². The molecule has 0 aliphatic carbocycles. The Bertz CT molecular complexity index is 1160. The zero-order chi connectivity index (χ0) is 26.0. The van der Waals surface area contributed by atoms with Crippen LogP contribution in [0.25, 0.3) is 11.3 Å². The fourth-order valence-electron chi connectivity index (χ4n) is 4.40. The van der Waals surface area contributed by atoms with E-state index in [9.17, 15) is 9.59 Å².